The Morgan fingerprint density at radius 3 is 2.55 bits per heavy atom. The third-order valence-electron chi connectivity index (χ3n) is 0.988. The van der Waals surface area contributed by atoms with Gasteiger partial charge < -0.3 is 0 Å². The number of rotatable bonds is 1. The molecule has 1 aromatic heterocycles. The van der Waals surface area contributed by atoms with Crippen LogP contribution in [0.25, 0.3) is 0 Å². The van der Waals surface area contributed by atoms with Gasteiger partial charge in [0.1, 0.15) is 0 Å². The number of nitrogens with two attached hydrogens (primary N) is 1. The Morgan fingerprint density at radius 2 is 2.18 bits per heavy atom. The van der Waals surface area contributed by atoms with Crippen molar-refractivity contribution in [3.8, 4) is 0 Å². The lowest BCUT2D eigenvalue weighted by molar-refractivity contribution is 0.594. The number of aromatic nitrogens is 1. The summed E-state index contributed by atoms with van der Waals surface area (Å²) in [6.45, 7) is 0. The first kappa shape index (κ1) is 8.63. The van der Waals surface area contributed by atoms with Crippen molar-refractivity contribution in [1.82, 2.24) is 4.98 Å². The van der Waals surface area contributed by atoms with Crippen molar-refractivity contribution < 1.29 is 8.42 Å². The molecule has 0 aliphatic rings. The molecule has 0 spiro atoms. The molecule has 1 aromatic rings. The maximum Gasteiger partial charge on any atom is 0.255 e. The van der Waals surface area contributed by atoms with E-state index in [9.17, 15) is 8.42 Å². The van der Waals surface area contributed by atoms with E-state index in [-0.39, 0.29) is 5.03 Å². The molecule has 6 heteroatoms. The Bertz CT molecular complexity index is 363. The Hall–Kier alpha value is -0.460. The number of nitrogens with zero attached hydrogens (tertiary/aromatic N) is 1. The van der Waals surface area contributed by atoms with Crippen LogP contribution in [0.2, 0.25) is 0 Å². The first-order valence-corrected chi connectivity index (χ1v) is 4.98. The van der Waals surface area contributed by atoms with Crippen molar-refractivity contribution in [2.24, 2.45) is 5.14 Å². The summed E-state index contributed by atoms with van der Waals surface area (Å²) in [5.74, 6) is 0. The highest BCUT2D eigenvalue weighted by Crippen LogP contribution is 2.11. The molecule has 0 saturated heterocycles. The molecule has 0 aromatic carbocycles. The molecule has 0 atom stereocenters. The standard InChI is InChI=1S/C5H5BrN2O2S/c6-4-1-2-8-5(3-4)11(7,9)10/h1-3H,(H2,7,9,10). The quantitative estimate of drug-likeness (QED) is 0.772. The second-order valence-electron chi connectivity index (χ2n) is 1.86. The number of primary sulfonamides is 1. The highest BCUT2D eigenvalue weighted by molar-refractivity contribution is 9.10. The molecule has 1 rings (SSSR count). The zero-order valence-corrected chi connectivity index (χ0v) is 7.76. The summed E-state index contributed by atoms with van der Waals surface area (Å²) in [5, 5.41) is 4.68. The summed E-state index contributed by atoms with van der Waals surface area (Å²) in [6, 6.07) is 2.96. The van der Waals surface area contributed by atoms with E-state index in [0.717, 1.165) is 0 Å². The van der Waals surface area contributed by atoms with Crippen molar-refractivity contribution in [3.63, 3.8) is 0 Å². The highest BCUT2D eigenvalue weighted by atomic mass is 79.9. The van der Waals surface area contributed by atoms with Crippen LogP contribution in [-0.4, -0.2) is 13.4 Å². The van der Waals surface area contributed by atoms with Crippen LogP contribution in [0, 0.1) is 0 Å². The van der Waals surface area contributed by atoms with Gasteiger partial charge in [0.15, 0.2) is 5.03 Å². The number of hydrogen-bond donors (Lipinski definition) is 1. The third kappa shape index (κ3) is 2.25. The van der Waals surface area contributed by atoms with Crippen molar-refractivity contribution in [2.45, 2.75) is 5.03 Å². The van der Waals surface area contributed by atoms with Gasteiger partial charge in [0.25, 0.3) is 10.0 Å². The lowest BCUT2D eigenvalue weighted by atomic mass is 10.5. The topological polar surface area (TPSA) is 73.1 Å². The summed E-state index contributed by atoms with van der Waals surface area (Å²) >= 11 is 3.09. The second kappa shape index (κ2) is 2.88. The van der Waals surface area contributed by atoms with Gasteiger partial charge in [-0.25, -0.2) is 18.5 Å². The van der Waals surface area contributed by atoms with Gasteiger partial charge in [-0.2, -0.15) is 0 Å². The van der Waals surface area contributed by atoms with Crippen LogP contribution in [-0.2, 0) is 10.0 Å². The number of halogens is 1. The van der Waals surface area contributed by atoms with Crippen molar-refractivity contribution in [3.05, 3.63) is 22.8 Å². The van der Waals surface area contributed by atoms with Crippen LogP contribution in [0.1, 0.15) is 0 Å². The van der Waals surface area contributed by atoms with Gasteiger partial charge in [-0.15, -0.1) is 0 Å². The normalized spacial score (nSPS) is 11.5. The van der Waals surface area contributed by atoms with E-state index in [4.69, 9.17) is 5.14 Å². The predicted octanol–water partition coefficient (Wildman–Crippen LogP) is 0.492. The first-order chi connectivity index (χ1) is 5.00. The van der Waals surface area contributed by atoms with E-state index < -0.39 is 10.0 Å². The molecule has 0 unspecified atom stereocenters. The summed E-state index contributed by atoms with van der Waals surface area (Å²) in [5.41, 5.74) is 0. The van der Waals surface area contributed by atoms with E-state index in [2.05, 4.69) is 20.9 Å². The minimum atomic E-state index is -3.67. The van der Waals surface area contributed by atoms with Crippen molar-refractivity contribution in [2.75, 3.05) is 0 Å². The van der Waals surface area contributed by atoms with Gasteiger partial charge in [-0.3, -0.25) is 0 Å². The predicted molar refractivity (Wildman–Crippen MR) is 43.3 cm³/mol. The van der Waals surface area contributed by atoms with E-state index >= 15 is 0 Å². The average molecular weight is 237 g/mol. The zero-order valence-electron chi connectivity index (χ0n) is 5.36. The van der Waals surface area contributed by atoms with Crippen molar-refractivity contribution in [1.29, 1.82) is 0 Å². The van der Waals surface area contributed by atoms with Gasteiger partial charge in [0, 0.05) is 10.7 Å². The maximum absolute atomic E-state index is 10.7. The average Bonchev–Trinajstić information content (AvgIpc) is 1.86. The summed E-state index contributed by atoms with van der Waals surface area (Å²) in [4.78, 5) is 3.57. The second-order valence-corrected chi connectivity index (χ2v) is 4.28. The Morgan fingerprint density at radius 1 is 1.55 bits per heavy atom. The van der Waals surface area contributed by atoms with Gasteiger partial charge in [0.05, 0.1) is 0 Å². The van der Waals surface area contributed by atoms with Crippen LogP contribution in [0.5, 0.6) is 0 Å². The fourth-order valence-corrected chi connectivity index (χ4v) is 1.53. The van der Waals surface area contributed by atoms with E-state index in [1.807, 2.05) is 0 Å². The smallest absolute Gasteiger partial charge is 0.243 e. The lowest BCUT2D eigenvalue weighted by Gasteiger charge is -1.95. The minimum absolute atomic E-state index is 0.133. The van der Waals surface area contributed by atoms with Crippen molar-refractivity contribution >= 4 is 26.0 Å². The Kier molecular flexibility index (Phi) is 2.26. The Labute approximate surface area is 72.6 Å². The fraction of sp³-hybridized carbons (Fsp3) is 0. The molecule has 0 radical (unpaired) electrons. The van der Waals surface area contributed by atoms with E-state index in [0.29, 0.717) is 4.47 Å². The molecule has 0 aliphatic carbocycles. The molecule has 0 fully saturated rings. The highest BCUT2D eigenvalue weighted by Gasteiger charge is 2.08. The van der Waals surface area contributed by atoms with Gasteiger partial charge in [-0.1, -0.05) is 15.9 Å². The van der Waals surface area contributed by atoms with Gasteiger partial charge in [-0.05, 0) is 12.1 Å². The van der Waals surface area contributed by atoms with E-state index in [1.54, 1.807) is 6.07 Å². The summed E-state index contributed by atoms with van der Waals surface area (Å²) in [7, 11) is -3.67. The zero-order chi connectivity index (χ0) is 8.48. The number of pyridine rings is 1. The van der Waals surface area contributed by atoms with E-state index in [1.165, 1.54) is 12.3 Å². The molecule has 0 amide bonds. The molecule has 0 bridgehead atoms. The Balaban J connectivity index is 3.28. The van der Waals surface area contributed by atoms with Gasteiger partial charge in [0.2, 0.25) is 0 Å². The molecular formula is C5H5BrN2O2S. The first-order valence-electron chi connectivity index (χ1n) is 2.64. The van der Waals surface area contributed by atoms with Crippen LogP contribution in [0.4, 0.5) is 0 Å². The third-order valence-corrected chi connectivity index (χ3v) is 2.29. The molecule has 0 aliphatic heterocycles. The van der Waals surface area contributed by atoms with Crippen LogP contribution >= 0.6 is 15.9 Å². The summed E-state index contributed by atoms with van der Waals surface area (Å²) < 4.78 is 22.0. The number of sulfonamides is 1. The molecule has 4 nitrogen and oxygen atoms in total. The minimum Gasteiger partial charge on any atom is -0.243 e. The molecule has 2 N–H and O–H groups in total. The lowest BCUT2D eigenvalue weighted by Crippen LogP contribution is -2.13. The van der Waals surface area contributed by atoms with Crippen LogP contribution < -0.4 is 5.14 Å². The largest absolute Gasteiger partial charge is 0.255 e. The fourth-order valence-electron chi connectivity index (χ4n) is 0.541. The molecule has 11 heavy (non-hydrogen) atoms. The summed E-state index contributed by atoms with van der Waals surface area (Å²) in [6.07, 6.45) is 1.36. The van der Waals surface area contributed by atoms with Crippen LogP contribution in [0.3, 0.4) is 0 Å². The molecule has 0 saturated carbocycles. The number of hydrogen-bond acceptors (Lipinski definition) is 3. The molecule has 60 valence electrons. The maximum atomic E-state index is 10.7. The molecule has 1 heterocycles. The SMILES string of the molecule is NS(=O)(=O)c1cc(Br)ccn1. The molecular weight excluding hydrogens is 232 g/mol. The van der Waals surface area contributed by atoms with Crippen LogP contribution in [0.15, 0.2) is 27.8 Å². The monoisotopic (exact) mass is 236 g/mol. The van der Waals surface area contributed by atoms with Gasteiger partial charge >= 0.3 is 0 Å².